The summed E-state index contributed by atoms with van der Waals surface area (Å²) in [4.78, 5) is 21.4. The number of carboxylic acid groups (broad SMARTS) is 1. The molecule has 1 amide bonds. The summed E-state index contributed by atoms with van der Waals surface area (Å²) >= 11 is 5.45. The first kappa shape index (κ1) is 23.0. The number of amides is 1. The van der Waals surface area contributed by atoms with Crippen LogP contribution < -0.4 is 5.32 Å². The fourth-order valence-corrected chi connectivity index (χ4v) is 1.47. The van der Waals surface area contributed by atoms with Gasteiger partial charge in [0.1, 0.15) is 13.2 Å². The Balaban J connectivity index is 3.12. The lowest BCUT2D eigenvalue weighted by atomic mass is 10.6. The van der Waals surface area contributed by atoms with Gasteiger partial charge in [0, 0.05) is 12.4 Å². The van der Waals surface area contributed by atoms with E-state index in [1.807, 2.05) is 0 Å². The van der Waals surface area contributed by atoms with E-state index in [1.165, 1.54) is 0 Å². The summed E-state index contributed by atoms with van der Waals surface area (Å²) in [5.74, 6) is -1.02. The quantitative estimate of drug-likeness (QED) is 0.245. The summed E-state index contributed by atoms with van der Waals surface area (Å²) in [5, 5.41) is 10.9. The Morgan fingerprint density at radius 2 is 1.25 bits per heavy atom. The topological polar surface area (TPSA) is 113 Å². The molecule has 0 aromatic rings. The molecule has 142 valence electrons. The van der Waals surface area contributed by atoms with Gasteiger partial charge in [-0.25, -0.2) is 4.79 Å². The molecule has 0 spiro atoms. The number of nitrogens with one attached hydrogen (secondary N) is 1. The Hall–Kier alpha value is -0.970. The number of carbonyl (C=O) groups is 2. The molecule has 0 aliphatic heterocycles. The Morgan fingerprint density at radius 3 is 1.75 bits per heavy atom. The van der Waals surface area contributed by atoms with Crippen molar-refractivity contribution in [3.8, 4) is 0 Å². The van der Waals surface area contributed by atoms with E-state index in [1.54, 1.807) is 0 Å². The average molecular weight is 372 g/mol. The van der Waals surface area contributed by atoms with E-state index in [-0.39, 0.29) is 12.5 Å². The van der Waals surface area contributed by atoms with Crippen LogP contribution in [0.3, 0.4) is 0 Å². The lowest BCUT2D eigenvalue weighted by molar-refractivity contribution is -0.143. The number of hydrogen-bond acceptors (Lipinski definition) is 7. The molecule has 0 saturated heterocycles. The third kappa shape index (κ3) is 19.1. The number of halogens is 1. The van der Waals surface area contributed by atoms with E-state index in [9.17, 15) is 9.59 Å². The van der Waals surface area contributed by atoms with Crippen molar-refractivity contribution in [1.82, 2.24) is 5.32 Å². The molecule has 24 heavy (non-hydrogen) atoms. The van der Waals surface area contributed by atoms with Crippen LogP contribution in [0.2, 0.25) is 0 Å². The van der Waals surface area contributed by atoms with E-state index in [0.29, 0.717) is 65.3 Å². The molecule has 0 atom stereocenters. The fourth-order valence-electron chi connectivity index (χ4n) is 1.36. The zero-order chi connectivity index (χ0) is 17.9. The molecule has 0 aromatic heterocycles. The van der Waals surface area contributed by atoms with Crippen molar-refractivity contribution in [2.45, 2.75) is 0 Å². The van der Waals surface area contributed by atoms with Gasteiger partial charge in [-0.2, -0.15) is 0 Å². The molecule has 0 aromatic carbocycles. The summed E-state index contributed by atoms with van der Waals surface area (Å²) in [5.41, 5.74) is 0. The first-order valence-electron chi connectivity index (χ1n) is 7.60. The average Bonchev–Trinajstić information content (AvgIpc) is 2.55. The molecule has 0 saturated carbocycles. The van der Waals surface area contributed by atoms with Crippen LogP contribution in [0.1, 0.15) is 0 Å². The normalized spacial score (nSPS) is 10.7. The maximum Gasteiger partial charge on any atom is 0.329 e. The Labute approximate surface area is 146 Å². The zero-order valence-corrected chi connectivity index (χ0v) is 14.4. The van der Waals surface area contributed by atoms with Crippen LogP contribution in [0.4, 0.5) is 0 Å². The van der Waals surface area contributed by atoms with Gasteiger partial charge in [-0.3, -0.25) is 4.79 Å². The zero-order valence-electron chi connectivity index (χ0n) is 13.7. The van der Waals surface area contributed by atoms with E-state index in [2.05, 4.69) is 10.1 Å². The minimum Gasteiger partial charge on any atom is -0.480 e. The highest BCUT2D eigenvalue weighted by molar-refractivity contribution is 6.17. The van der Waals surface area contributed by atoms with Crippen molar-refractivity contribution >= 4 is 23.5 Å². The number of rotatable bonds is 18. The predicted octanol–water partition coefficient (Wildman–Crippen LogP) is -0.491. The maximum absolute atomic E-state index is 11.2. The van der Waals surface area contributed by atoms with Crippen LogP contribution >= 0.6 is 11.6 Å². The molecule has 0 unspecified atom stereocenters. The highest BCUT2D eigenvalue weighted by Crippen LogP contribution is 1.84. The van der Waals surface area contributed by atoms with Crippen molar-refractivity contribution in [1.29, 1.82) is 0 Å². The molecule has 0 radical (unpaired) electrons. The number of carbonyl (C=O) groups excluding carboxylic acids is 1. The number of hydrogen-bond donors (Lipinski definition) is 2. The lowest BCUT2D eigenvalue weighted by Crippen LogP contribution is -2.31. The van der Waals surface area contributed by atoms with Crippen molar-refractivity contribution in [2.75, 3.05) is 78.5 Å². The van der Waals surface area contributed by atoms with E-state index in [0.717, 1.165) is 0 Å². The number of aliphatic carboxylic acids is 1. The molecule has 0 aliphatic carbocycles. The van der Waals surface area contributed by atoms with Gasteiger partial charge in [0.25, 0.3) is 0 Å². The number of alkyl halides is 1. The van der Waals surface area contributed by atoms with Crippen molar-refractivity contribution in [3.05, 3.63) is 0 Å². The Morgan fingerprint density at radius 1 is 0.750 bits per heavy atom. The monoisotopic (exact) mass is 371 g/mol. The van der Waals surface area contributed by atoms with Crippen molar-refractivity contribution in [2.24, 2.45) is 0 Å². The molecule has 10 heteroatoms. The largest absolute Gasteiger partial charge is 0.480 e. The molecule has 0 fully saturated rings. The predicted molar refractivity (Wildman–Crippen MR) is 85.5 cm³/mol. The highest BCUT2D eigenvalue weighted by atomic mass is 35.5. The smallest absolute Gasteiger partial charge is 0.329 e. The van der Waals surface area contributed by atoms with Crippen molar-refractivity contribution in [3.63, 3.8) is 0 Å². The molecule has 0 rings (SSSR count). The molecular formula is C14H26ClNO8. The highest BCUT2D eigenvalue weighted by Gasteiger charge is 2.02. The van der Waals surface area contributed by atoms with Gasteiger partial charge in [0.2, 0.25) is 5.91 Å². The molecular weight excluding hydrogens is 346 g/mol. The summed E-state index contributed by atoms with van der Waals surface area (Å²) in [6.07, 6.45) is 0. The van der Waals surface area contributed by atoms with Crippen LogP contribution in [-0.2, 0) is 33.3 Å². The summed E-state index contributed by atoms with van der Waals surface area (Å²) in [6.45, 7) is 3.21. The van der Waals surface area contributed by atoms with Gasteiger partial charge in [0.05, 0.1) is 52.9 Å². The Bertz CT molecular complexity index is 319. The first-order valence-corrected chi connectivity index (χ1v) is 8.13. The first-order chi connectivity index (χ1) is 11.7. The second-order valence-corrected chi connectivity index (χ2v) is 4.75. The number of ether oxygens (including phenoxy) is 5. The van der Waals surface area contributed by atoms with Gasteiger partial charge in [0.15, 0.2) is 0 Å². The lowest BCUT2D eigenvalue weighted by Gasteiger charge is -2.08. The van der Waals surface area contributed by atoms with E-state index >= 15 is 0 Å². The van der Waals surface area contributed by atoms with Crippen LogP contribution in [0.15, 0.2) is 0 Å². The van der Waals surface area contributed by atoms with Crippen molar-refractivity contribution < 1.29 is 38.4 Å². The second kappa shape index (κ2) is 18.4. The SMILES string of the molecule is O=C(O)COCC(=O)NCCOCCOCCOCCOCCCl. The second-order valence-electron chi connectivity index (χ2n) is 4.37. The summed E-state index contributed by atoms with van der Waals surface area (Å²) < 4.78 is 25.6. The standard InChI is InChI=1S/C14H26ClNO8/c15-1-3-20-5-7-22-9-10-23-8-6-21-4-2-16-13(17)11-24-12-14(18)19/h1-12H2,(H,16,17)(H,18,19). The van der Waals surface area contributed by atoms with Gasteiger partial charge >= 0.3 is 5.97 Å². The van der Waals surface area contributed by atoms with Gasteiger partial charge in [-0.05, 0) is 0 Å². The molecule has 9 nitrogen and oxygen atoms in total. The maximum atomic E-state index is 11.2. The third-order valence-electron chi connectivity index (χ3n) is 2.36. The third-order valence-corrected chi connectivity index (χ3v) is 2.52. The minimum absolute atomic E-state index is 0.285. The van der Waals surface area contributed by atoms with Crippen LogP contribution in [0, 0.1) is 0 Å². The fraction of sp³-hybridized carbons (Fsp3) is 0.857. The summed E-state index contributed by atoms with van der Waals surface area (Å²) in [6, 6.07) is 0. The van der Waals surface area contributed by atoms with Crippen LogP contribution in [0.5, 0.6) is 0 Å². The number of carboxylic acids is 1. The Kier molecular flexibility index (Phi) is 17.6. The van der Waals surface area contributed by atoms with E-state index in [4.69, 9.17) is 35.7 Å². The van der Waals surface area contributed by atoms with Crippen LogP contribution in [0.25, 0.3) is 0 Å². The van der Waals surface area contributed by atoms with E-state index < -0.39 is 12.6 Å². The van der Waals surface area contributed by atoms with Gasteiger partial charge < -0.3 is 34.1 Å². The molecule has 0 bridgehead atoms. The molecule has 0 aliphatic rings. The molecule has 2 N–H and O–H groups in total. The van der Waals surface area contributed by atoms with Gasteiger partial charge in [-0.1, -0.05) is 0 Å². The summed E-state index contributed by atoms with van der Waals surface area (Å²) in [7, 11) is 0. The molecule has 0 heterocycles. The van der Waals surface area contributed by atoms with Gasteiger partial charge in [-0.15, -0.1) is 11.6 Å². The minimum atomic E-state index is -1.11. The van der Waals surface area contributed by atoms with Crippen LogP contribution in [-0.4, -0.2) is 95.5 Å².